The average molecular weight is 485 g/mol. The van der Waals surface area contributed by atoms with Crippen LogP contribution in [-0.4, -0.2) is 12.6 Å². The highest BCUT2D eigenvalue weighted by molar-refractivity contribution is 9.10. The van der Waals surface area contributed by atoms with Crippen molar-refractivity contribution in [3.05, 3.63) is 79.1 Å². The molecule has 3 aromatic rings. The molecule has 2 aliphatic heterocycles. The highest BCUT2D eigenvalue weighted by atomic mass is 79.9. The maximum absolute atomic E-state index is 12.7. The molecule has 2 aromatic carbocycles. The van der Waals surface area contributed by atoms with Crippen molar-refractivity contribution in [2.75, 3.05) is 6.79 Å². The van der Waals surface area contributed by atoms with Crippen LogP contribution < -0.4 is 14.2 Å². The number of rotatable bonds is 4. The van der Waals surface area contributed by atoms with Crippen LogP contribution in [0.15, 0.2) is 52.0 Å². The summed E-state index contributed by atoms with van der Waals surface area (Å²) in [5, 5.41) is 2.00. The first-order valence-electron chi connectivity index (χ1n) is 9.35. The Labute approximate surface area is 186 Å². The largest absolute Gasteiger partial charge is 0.489 e. The molecule has 7 heteroatoms. The van der Waals surface area contributed by atoms with Gasteiger partial charge in [0.2, 0.25) is 5.78 Å². The van der Waals surface area contributed by atoms with Gasteiger partial charge in [-0.25, -0.2) is 0 Å². The lowest BCUT2D eigenvalue weighted by atomic mass is 10.1. The van der Waals surface area contributed by atoms with Gasteiger partial charge in [-0.2, -0.15) is 0 Å². The van der Waals surface area contributed by atoms with Crippen molar-refractivity contribution in [2.24, 2.45) is 0 Å². The van der Waals surface area contributed by atoms with Crippen LogP contribution in [0.3, 0.4) is 0 Å². The first kappa shape index (κ1) is 19.4. The molecule has 0 spiro atoms. The van der Waals surface area contributed by atoms with Crippen LogP contribution >= 0.6 is 27.3 Å². The van der Waals surface area contributed by atoms with E-state index in [0.717, 1.165) is 31.8 Å². The molecule has 0 amide bonds. The summed E-state index contributed by atoms with van der Waals surface area (Å²) in [5.74, 6) is 2.16. The van der Waals surface area contributed by atoms with Gasteiger partial charge in [-0.1, -0.05) is 15.9 Å². The molecule has 30 heavy (non-hydrogen) atoms. The lowest BCUT2D eigenvalue weighted by Crippen LogP contribution is -2.14. The summed E-state index contributed by atoms with van der Waals surface area (Å²) in [6.07, 6.45) is 1.80. The number of benzene rings is 2. The van der Waals surface area contributed by atoms with E-state index in [1.807, 2.05) is 30.5 Å². The number of fused-ring (bicyclic) bond motifs is 2. The van der Waals surface area contributed by atoms with Crippen molar-refractivity contribution >= 4 is 39.1 Å². The first-order chi connectivity index (χ1) is 14.6. The summed E-state index contributed by atoms with van der Waals surface area (Å²) in [7, 11) is 0. The van der Waals surface area contributed by atoms with E-state index in [1.165, 1.54) is 0 Å². The number of ketones is 1. The Morgan fingerprint density at radius 2 is 2.13 bits per heavy atom. The van der Waals surface area contributed by atoms with Crippen molar-refractivity contribution in [1.29, 1.82) is 0 Å². The molecule has 0 aliphatic carbocycles. The topological polar surface area (TPSA) is 54.0 Å². The molecule has 0 radical (unpaired) electrons. The second kappa shape index (κ2) is 7.91. The second-order valence-electron chi connectivity index (χ2n) is 7.02. The Bertz CT molecular complexity index is 1180. The molecule has 5 rings (SSSR count). The number of carbonyl (C=O) groups excluding carboxylic acids is 1. The number of aryl methyl sites for hydroxylation is 1. The van der Waals surface area contributed by atoms with E-state index >= 15 is 0 Å². The summed E-state index contributed by atoms with van der Waals surface area (Å²) in [6, 6.07) is 11.3. The number of hydrogen-bond acceptors (Lipinski definition) is 6. The summed E-state index contributed by atoms with van der Waals surface area (Å²) in [4.78, 5) is 13.7. The summed E-state index contributed by atoms with van der Waals surface area (Å²) < 4.78 is 23.8. The zero-order chi connectivity index (χ0) is 20.7. The molecule has 0 bridgehead atoms. The predicted molar refractivity (Wildman–Crippen MR) is 117 cm³/mol. The summed E-state index contributed by atoms with van der Waals surface area (Å²) in [6.45, 7) is 3.08. The van der Waals surface area contributed by atoms with Gasteiger partial charge in [-0.15, -0.1) is 11.3 Å². The standard InChI is InChI=1S/C23H17BrO5S/c1-13-4-5-30-21(13)9-20-22(25)18-3-2-17(8-19(18)29-20)27-11-15-7-16(24)6-14-10-26-12-28-23(14)15/h2-9H,10-12H2,1H3/b20-9-. The minimum atomic E-state index is -0.112. The highest BCUT2D eigenvalue weighted by Gasteiger charge is 2.28. The quantitative estimate of drug-likeness (QED) is 0.432. The van der Waals surface area contributed by atoms with Gasteiger partial charge in [-0.05, 0) is 48.2 Å². The van der Waals surface area contributed by atoms with Crippen LogP contribution in [0, 0.1) is 6.92 Å². The van der Waals surface area contributed by atoms with E-state index in [-0.39, 0.29) is 12.6 Å². The van der Waals surface area contributed by atoms with Crippen LogP contribution in [0.5, 0.6) is 17.2 Å². The maximum Gasteiger partial charge on any atom is 0.232 e. The third-order valence-electron chi connectivity index (χ3n) is 4.95. The van der Waals surface area contributed by atoms with Crippen molar-refractivity contribution in [3.63, 3.8) is 0 Å². The number of hydrogen-bond donors (Lipinski definition) is 0. The van der Waals surface area contributed by atoms with Crippen molar-refractivity contribution in [3.8, 4) is 17.2 Å². The Balaban J connectivity index is 1.36. The molecule has 5 nitrogen and oxygen atoms in total. The van der Waals surface area contributed by atoms with Crippen LogP contribution in [-0.2, 0) is 18.0 Å². The molecular formula is C23H17BrO5S. The minimum absolute atomic E-state index is 0.112. The minimum Gasteiger partial charge on any atom is -0.489 e. The molecule has 0 unspecified atom stereocenters. The van der Waals surface area contributed by atoms with Gasteiger partial charge in [0.25, 0.3) is 0 Å². The maximum atomic E-state index is 12.7. The van der Waals surface area contributed by atoms with Gasteiger partial charge < -0.3 is 18.9 Å². The molecule has 0 saturated carbocycles. The molecule has 0 saturated heterocycles. The molecular weight excluding hydrogens is 468 g/mol. The fraction of sp³-hybridized carbons (Fsp3) is 0.174. The summed E-state index contributed by atoms with van der Waals surface area (Å²) >= 11 is 5.10. The predicted octanol–water partition coefficient (Wildman–Crippen LogP) is 5.88. The third kappa shape index (κ3) is 3.64. The molecule has 152 valence electrons. The van der Waals surface area contributed by atoms with Crippen LogP contribution in [0.2, 0.25) is 0 Å². The van der Waals surface area contributed by atoms with Crippen molar-refractivity contribution in [2.45, 2.75) is 20.1 Å². The second-order valence-corrected chi connectivity index (χ2v) is 8.88. The number of thiophene rings is 1. The van der Waals surface area contributed by atoms with Gasteiger partial charge in [-0.3, -0.25) is 4.79 Å². The molecule has 2 aliphatic rings. The van der Waals surface area contributed by atoms with Crippen LogP contribution in [0.1, 0.15) is 31.9 Å². The number of carbonyl (C=O) groups is 1. The number of allylic oxidation sites excluding steroid dienone is 1. The van der Waals surface area contributed by atoms with Gasteiger partial charge in [0, 0.05) is 32.6 Å². The zero-order valence-electron chi connectivity index (χ0n) is 16.1. The monoisotopic (exact) mass is 484 g/mol. The van der Waals surface area contributed by atoms with Crippen LogP contribution in [0.25, 0.3) is 6.08 Å². The van der Waals surface area contributed by atoms with E-state index in [4.69, 9.17) is 18.9 Å². The average Bonchev–Trinajstić information content (AvgIpc) is 3.29. The Kier molecular flexibility index (Phi) is 5.10. The lowest BCUT2D eigenvalue weighted by molar-refractivity contribution is -0.0176. The Morgan fingerprint density at radius 3 is 2.97 bits per heavy atom. The van der Waals surface area contributed by atoms with Crippen LogP contribution in [0.4, 0.5) is 0 Å². The number of ether oxygens (including phenoxy) is 4. The molecule has 0 atom stereocenters. The summed E-state index contributed by atoms with van der Waals surface area (Å²) in [5.41, 5.74) is 3.57. The first-order valence-corrected chi connectivity index (χ1v) is 11.0. The van der Waals surface area contributed by atoms with Gasteiger partial charge in [0.15, 0.2) is 12.6 Å². The van der Waals surface area contributed by atoms with E-state index in [9.17, 15) is 4.79 Å². The molecule has 0 N–H and O–H groups in total. The molecule has 0 fully saturated rings. The van der Waals surface area contributed by atoms with Crippen molar-refractivity contribution in [1.82, 2.24) is 0 Å². The van der Waals surface area contributed by atoms with E-state index in [1.54, 1.807) is 35.6 Å². The SMILES string of the molecule is Cc1ccsc1/C=C1\Oc2cc(OCc3cc(Br)cc4c3OCOC4)ccc2C1=O. The number of halogens is 1. The molecule has 1 aromatic heterocycles. The Morgan fingerprint density at radius 1 is 1.23 bits per heavy atom. The fourth-order valence-electron chi connectivity index (χ4n) is 3.43. The van der Waals surface area contributed by atoms with Gasteiger partial charge in [0.05, 0.1) is 12.2 Å². The van der Waals surface area contributed by atoms with Gasteiger partial charge in [0.1, 0.15) is 23.9 Å². The van der Waals surface area contributed by atoms with E-state index in [2.05, 4.69) is 15.9 Å². The highest BCUT2D eigenvalue weighted by Crippen LogP contribution is 2.37. The smallest absolute Gasteiger partial charge is 0.232 e. The van der Waals surface area contributed by atoms with Gasteiger partial charge >= 0.3 is 0 Å². The van der Waals surface area contributed by atoms with Crippen molar-refractivity contribution < 1.29 is 23.7 Å². The normalized spacial score (nSPS) is 16.1. The molecule has 3 heterocycles. The third-order valence-corrected chi connectivity index (χ3v) is 6.38. The van der Waals surface area contributed by atoms with E-state index < -0.39 is 0 Å². The fourth-order valence-corrected chi connectivity index (χ4v) is 4.83. The van der Waals surface area contributed by atoms with E-state index in [0.29, 0.717) is 36.0 Å². The Hall–Kier alpha value is -2.61. The number of Topliss-reactive ketones (excluding diaryl/α,β-unsaturated/α-hetero) is 1. The zero-order valence-corrected chi connectivity index (χ0v) is 18.5. The lowest BCUT2D eigenvalue weighted by Gasteiger charge is -2.21.